The zero-order valence-corrected chi connectivity index (χ0v) is 14.1. The molecule has 0 aliphatic heterocycles. The van der Waals surface area contributed by atoms with E-state index in [4.69, 9.17) is 0 Å². The first-order valence-electron chi connectivity index (χ1n) is 7.17. The minimum atomic E-state index is -4.52. The number of rotatable bonds is 1. The molecule has 0 fully saturated rings. The van der Waals surface area contributed by atoms with Gasteiger partial charge in [0, 0.05) is 0 Å². The van der Waals surface area contributed by atoms with Crippen LogP contribution >= 0.6 is 0 Å². The van der Waals surface area contributed by atoms with Crippen LogP contribution in [0, 0.1) is 0 Å². The third-order valence-corrected chi connectivity index (χ3v) is 6.24. The number of nitrogens with zero attached hydrogens (tertiary/aromatic N) is 2. The predicted molar refractivity (Wildman–Crippen MR) is 88.5 cm³/mol. The molecule has 2 aromatic heterocycles. The quantitative estimate of drug-likeness (QED) is 0.491. The van der Waals surface area contributed by atoms with Crippen molar-refractivity contribution in [2.75, 3.05) is 0 Å². The van der Waals surface area contributed by atoms with Gasteiger partial charge in [0.1, 0.15) is 0 Å². The molecule has 25 heavy (non-hydrogen) atoms. The van der Waals surface area contributed by atoms with Gasteiger partial charge in [0.15, 0.2) is 0 Å². The molecule has 126 valence electrons. The summed E-state index contributed by atoms with van der Waals surface area (Å²) in [5.74, 6) is 0.176. The number of phenolic OH excluding ortho intramolecular Hbond substituents is 1. The Hall–Kier alpha value is -2.57. The Kier molecular flexibility index (Phi) is 3.49. The molecule has 0 bridgehead atoms. The molecule has 4 rings (SSSR count). The molecule has 0 unspecified atom stereocenters. The average Bonchev–Trinajstić information content (AvgIpc) is 2.91. The van der Waals surface area contributed by atoms with E-state index in [1.54, 1.807) is 24.3 Å². The van der Waals surface area contributed by atoms with Crippen LogP contribution in [0.1, 0.15) is 5.56 Å². The summed E-state index contributed by atoms with van der Waals surface area (Å²) >= 11 is -0.885. The molecule has 1 N–H and O–H groups in total. The number of alkyl halides is 3. The van der Waals surface area contributed by atoms with E-state index in [9.17, 15) is 23.1 Å². The Labute approximate surface area is 144 Å². The first-order valence-corrected chi connectivity index (χ1v) is 8.80. The van der Waals surface area contributed by atoms with Crippen LogP contribution < -0.4 is 5.56 Å². The molecule has 8 heteroatoms. The van der Waals surface area contributed by atoms with Crippen LogP contribution in [0.2, 0.25) is 0 Å². The molecule has 0 saturated heterocycles. The molecular weight excluding hydrogens is 400 g/mol. The van der Waals surface area contributed by atoms with Gasteiger partial charge in [0.25, 0.3) is 0 Å². The number of aromatic nitrogens is 2. The summed E-state index contributed by atoms with van der Waals surface area (Å²) in [6.07, 6.45) is -4.52. The molecule has 4 nitrogen and oxygen atoms in total. The van der Waals surface area contributed by atoms with Crippen LogP contribution in [0.5, 0.6) is 5.75 Å². The molecule has 4 aromatic rings. The zero-order chi connectivity index (χ0) is 17.8. The molecule has 0 radical (unpaired) electrons. The molecule has 0 saturated carbocycles. The molecule has 0 atom stereocenters. The van der Waals surface area contributed by atoms with Crippen molar-refractivity contribution < 1.29 is 18.3 Å². The molecular formula is C17H9F3N2O2Se. The van der Waals surface area contributed by atoms with Crippen molar-refractivity contribution in [2.45, 2.75) is 6.18 Å². The van der Waals surface area contributed by atoms with E-state index in [0.717, 1.165) is 6.07 Å². The molecule has 2 heterocycles. The summed E-state index contributed by atoms with van der Waals surface area (Å²) in [5, 5.41) is 10.6. The minimum absolute atomic E-state index is 0.00619. The van der Waals surface area contributed by atoms with Crippen molar-refractivity contribution in [1.82, 2.24) is 8.55 Å². The van der Waals surface area contributed by atoms with Crippen molar-refractivity contribution in [1.29, 1.82) is 0 Å². The van der Waals surface area contributed by atoms with Gasteiger partial charge in [0.05, 0.1) is 0 Å². The van der Waals surface area contributed by atoms with E-state index < -0.39 is 32.0 Å². The summed E-state index contributed by atoms with van der Waals surface area (Å²) in [6, 6.07) is 11.7. The van der Waals surface area contributed by atoms with E-state index in [0.29, 0.717) is 10.9 Å². The first kappa shape index (κ1) is 15.9. The van der Waals surface area contributed by atoms with Crippen LogP contribution in [0.25, 0.3) is 26.4 Å². The van der Waals surface area contributed by atoms with Crippen LogP contribution in [-0.4, -0.2) is 28.4 Å². The van der Waals surface area contributed by atoms with Gasteiger partial charge in [-0.3, -0.25) is 0 Å². The summed E-state index contributed by atoms with van der Waals surface area (Å²) in [5.41, 5.74) is -0.997. The fourth-order valence-corrected chi connectivity index (χ4v) is 4.95. The van der Waals surface area contributed by atoms with Gasteiger partial charge in [-0.15, -0.1) is 0 Å². The summed E-state index contributed by atoms with van der Waals surface area (Å²) < 4.78 is 40.8. The van der Waals surface area contributed by atoms with E-state index in [2.05, 4.69) is 4.98 Å². The summed E-state index contributed by atoms with van der Waals surface area (Å²) in [4.78, 5) is 16.8. The predicted octanol–water partition coefficient (Wildman–Crippen LogP) is 3.32. The van der Waals surface area contributed by atoms with Gasteiger partial charge in [-0.05, 0) is 0 Å². The molecule has 0 amide bonds. The monoisotopic (exact) mass is 410 g/mol. The average molecular weight is 409 g/mol. The summed E-state index contributed by atoms with van der Waals surface area (Å²) in [6.45, 7) is 0. The molecule has 2 aromatic carbocycles. The molecule has 0 aliphatic rings. The van der Waals surface area contributed by atoms with Gasteiger partial charge in [-0.25, -0.2) is 0 Å². The fourth-order valence-electron chi connectivity index (χ4n) is 2.65. The van der Waals surface area contributed by atoms with Crippen LogP contribution in [0.15, 0.2) is 53.3 Å². The normalized spacial score (nSPS) is 12.1. The number of hydrogen-bond donors (Lipinski definition) is 1. The number of pyridine rings is 1. The number of phenols is 1. The Morgan fingerprint density at radius 3 is 2.56 bits per heavy atom. The van der Waals surface area contributed by atoms with Gasteiger partial charge >= 0.3 is 144 Å². The van der Waals surface area contributed by atoms with Gasteiger partial charge in [0.2, 0.25) is 0 Å². The van der Waals surface area contributed by atoms with Crippen molar-refractivity contribution >= 4 is 35.3 Å². The van der Waals surface area contributed by atoms with Crippen molar-refractivity contribution in [2.24, 2.45) is 0 Å². The Morgan fingerprint density at radius 1 is 1.04 bits per heavy atom. The van der Waals surface area contributed by atoms with Crippen molar-refractivity contribution in [3.8, 4) is 11.6 Å². The van der Waals surface area contributed by atoms with Gasteiger partial charge < -0.3 is 0 Å². The topological polar surface area (TPSA) is 55.1 Å². The zero-order valence-electron chi connectivity index (χ0n) is 12.4. The number of benzene rings is 2. The number of para-hydroxylation sites is 1. The number of hydrogen-bond acceptors (Lipinski definition) is 3. The molecule has 0 spiro atoms. The van der Waals surface area contributed by atoms with Gasteiger partial charge in [-0.1, -0.05) is 0 Å². The standard InChI is InChI=1S/C17H9F3N2O2Se/c18-17(19,20)11-5-2-4-10-15(11)25-22(16(10)24)13-8-7-9-3-1-6-12(23)14(9)21-13/h1-8,23H. The number of fused-ring (bicyclic) bond motifs is 2. The maximum atomic E-state index is 13.2. The second-order valence-electron chi connectivity index (χ2n) is 5.39. The van der Waals surface area contributed by atoms with E-state index in [1.807, 2.05) is 0 Å². The Bertz CT molecular complexity index is 1180. The van der Waals surface area contributed by atoms with E-state index >= 15 is 0 Å². The van der Waals surface area contributed by atoms with E-state index in [-0.39, 0.29) is 21.2 Å². The second-order valence-corrected chi connectivity index (χ2v) is 7.39. The Morgan fingerprint density at radius 2 is 1.80 bits per heavy atom. The van der Waals surface area contributed by atoms with Gasteiger partial charge in [-0.2, -0.15) is 0 Å². The van der Waals surface area contributed by atoms with Crippen molar-refractivity contribution in [3.05, 3.63) is 64.4 Å². The van der Waals surface area contributed by atoms with E-state index in [1.165, 1.54) is 21.8 Å². The SMILES string of the molecule is O=c1c2cccc(C(F)(F)F)c2[se]n1-c1ccc2cccc(O)c2n1. The Balaban J connectivity index is 2.01. The van der Waals surface area contributed by atoms with Crippen LogP contribution in [0.4, 0.5) is 13.2 Å². The molecule has 0 aliphatic carbocycles. The van der Waals surface area contributed by atoms with Crippen LogP contribution in [-0.2, 0) is 6.18 Å². The van der Waals surface area contributed by atoms with Crippen LogP contribution in [0.3, 0.4) is 0 Å². The third-order valence-electron chi connectivity index (χ3n) is 3.81. The third kappa shape index (κ3) is 2.54. The number of aromatic hydroxyl groups is 1. The summed E-state index contributed by atoms with van der Waals surface area (Å²) in [7, 11) is 0. The fraction of sp³-hybridized carbons (Fsp3) is 0.0588. The first-order chi connectivity index (χ1) is 11.9. The second kappa shape index (κ2) is 5.47. The number of halogens is 3. The van der Waals surface area contributed by atoms with Crippen molar-refractivity contribution in [3.63, 3.8) is 0 Å². The maximum absolute atomic E-state index is 13.2.